The van der Waals surface area contributed by atoms with E-state index >= 15 is 0 Å². The Hall–Kier alpha value is -4.54. The van der Waals surface area contributed by atoms with Crippen LogP contribution < -0.4 is 16.0 Å². The average Bonchev–Trinajstić information content (AvgIpc) is 3.63. The van der Waals surface area contributed by atoms with E-state index in [2.05, 4.69) is 21.0 Å². The molecule has 4 rings (SSSR count). The summed E-state index contributed by atoms with van der Waals surface area (Å²) >= 11 is 0. The molecule has 0 spiro atoms. The lowest BCUT2D eigenvalue weighted by atomic mass is 9.79. The molecule has 44 heavy (non-hydrogen) atoms. The van der Waals surface area contributed by atoms with Crippen LogP contribution in [0.3, 0.4) is 0 Å². The topological polar surface area (TPSA) is 125 Å². The number of nitrogens with one attached hydrogen (secondary N) is 3. The van der Waals surface area contributed by atoms with Gasteiger partial charge in [0.05, 0.1) is 0 Å². The van der Waals surface area contributed by atoms with Crippen molar-refractivity contribution in [3.63, 3.8) is 0 Å². The number of nitrogens with zero attached hydrogens (tertiary/aromatic N) is 3. The summed E-state index contributed by atoms with van der Waals surface area (Å²) in [6.45, 7) is 0.451. The second-order valence-electron chi connectivity index (χ2n) is 11.8. The number of aromatic nitrogens is 2. The fourth-order valence-electron chi connectivity index (χ4n) is 5.68. The van der Waals surface area contributed by atoms with Gasteiger partial charge in [-0.05, 0) is 60.1 Å². The van der Waals surface area contributed by atoms with E-state index < -0.39 is 23.7 Å². The number of rotatable bonds is 13. The molecular formula is C33H41FN6O4. The summed E-state index contributed by atoms with van der Waals surface area (Å²) in [5.41, 5.74) is 1.80. The number of benzene rings is 2. The fraction of sp³-hybridized carbons (Fsp3) is 0.424. The lowest BCUT2D eigenvalue weighted by Gasteiger charge is -2.29. The molecule has 234 valence electrons. The van der Waals surface area contributed by atoms with Crippen LogP contribution in [0.1, 0.15) is 60.1 Å². The molecule has 1 aliphatic carbocycles. The van der Waals surface area contributed by atoms with E-state index in [1.807, 2.05) is 12.1 Å². The molecule has 1 saturated carbocycles. The van der Waals surface area contributed by atoms with E-state index in [9.17, 15) is 23.6 Å². The van der Waals surface area contributed by atoms with Gasteiger partial charge in [-0.2, -0.15) is 5.10 Å². The van der Waals surface area contributed by atoms with E-state index in [0.29, 0.717) is 37.1 Å². The molecule has 10 nitrogen and oxygen atoms in total. The van der Waals surface area contributed by atoms with Gasteiger partial charge in [-0.3, -0.25) is 23.9 Å². The Morgan fingerprint density at radius 1 is 1.00 bits per heavy atom. The van der Waals surface area contributed by atoms with Crippen molar-refractivity contribution in [1.82, 2.24) is 25.3 Å². The molecule has 0 unspecified atom stereocenters. The molecule has 4 amide bonds. The molecule has 0 aliphatic heterocycles. The van der Waals surface area contributed by atoms with Crippen molar-refractivity contribution in [2.45, 2.75) is 57.4 Å². The monoisotopic (exact) mass is 604 g/mol. The highest BCUT2D eigenvalue weighted by molar-refractivity contribution is 6.00. The van der Waals surface area contributed by atoms with Crippen LogP contribution in [0.2, 0.25) is 0 Å². The van der Waals surface area contributed by atoms with Crippen LogP contribution in [0.5, 0.6) is 0 Å². The van der Waals surface area contributed by atoms with Crippen LogP contribution in [0.15, 0.2) is 60.8 Å². The van der Waals surface area contributed by atoms with Gasteiger partial charge in [0.2, 0.25) is 17.7 Å². The highest BCUT2D eigenvalue weighted by Crippen LogP contribution is 2.44. The molecule has 3 aromatic rings. The molecular weight excluding hydrogens is 563 g/mol. The second-order valence-corrected chi connectivity index (χ2v) is 11.8. The van der Waals surface area contributed by atoms with Crippen LogP contribution in [0, 0.1) is 11.2 Å². The first kappa shape index (κ1) is 32.4. The van der Waals surface area contributed by atoms with Crippen molar-refractivity contribution < 1.29 is 23.6 Å². The van der Waals surface area contributed by atoms with Crippen molar-refractivity contribution in [3.8, 4) is 0 Å². The molecule has 1 aliphatic rings. The van der Waals surface area contributed by atoms with Crippen LogP contribution >= 0.6 is 0 Å². The van der Waals surface area contributed by atoms with Crippen molar-refractivity contribution in [3.05, 3.63) is 83.4 Å². The third-order valence-corrected chi connectivity index (χ3v) is 8.24. The lowest BCUT2D eigenvalue weighted by molar-refractivity contribution is -0.132. The number of halogens is 1. The summed E-state index contributed by atoms with van der Waals surface area (Å²) in [6, 6.07) is 13.8. The molecule has 1 heterocycles. The minimum Gasteiger partial charge on any atom is -0.356 e. The Labute approximate surface area is 257 Å². The Bertz CT molecular complexity index is 1460. The van der Waals surface area contributed by atoms with E-state index in [4.69, 9.17) is 0 Å². The average molecular weight is 605 g/mol. The molecule has 2 aromatic carbocycles. The third-order valence-electron chi connectivity index (χ3n) is 8.24. The van der Waals surface area contributed by atoms with Crippen molar-refractivity contribution in [1.29, 1.82) is 0 Å². The highest BCUT2D eigenvalue weighted by atomic mass is 19.1. The van der Waals surface area contributed by atoms with Gasteiger partial charge >= 0.3 is 0 Å². The van der Waals surface area contributed by atoms with Gasteiger partial charge < -0.3 is 20.9 Å². The van der Waals surface area contributed by atoms with E-state index in [1.165, 1.54) is 23.0 Å². The second kappa shape index (κ2) is 14.8. The van der Waals surface area contributed by atoms with Gasteiger partial charge in [-0.1, -0.05) is 43.2 Å². The van der Waals surface area contributed by atoms with Gasteiger partial charge in [0, 0.05) is 58.8 Å². The summed E-state index contributed by atoms with van der Waals surface area (Å²) in [5.74, 6) is -1.44. The Balaban J connectivity index is 1.32. The first-order chi connectivity index (χ1) is 21.0. The standard InChI is InChI=1S/C33H41FN6O4/c1-39(2)30(42)22-33(16-6-7-17-33)21-29(41)35-18-14-23-10-12-25(13-11-23)37-31(43)27(20-24-8-4-5-9-26(24)34)38-32(44)28-15-19-36-40(28)3/h4-5,8-13,15,19,27H,6-7,14,16-18,20-22H2,1-3H3,(H,35,41)(H,37,43)(H,38,44)/t27-/m0/s1. The predicted molar refractivity (Wildman–Crippen MR) is 165 cm³/mol. The van der Waals surface area contributed by atoms with Crippen LogP contribution in [0.4, 0.5) is 10.1 Å². The molecule has 3 N–H and O–H groups in total. The Morgan fingerprint density at radius 3 is 2.34 bits per heavy atom. The summed E-state index contributed by atoms with van der Waals surface area (Å²) in [5, 5.41) is 12.5. The van der Waals surface area contributed by atoms with Gasteiger partial charge in [-0.25, -0.2) is 4.39 Å². The van der Waals surface area contributed by atoms with Crippen LogP contribution in [-0.4, -0.2) is 65.0 Å². The number of anilines is 1. The van der Waals surface area contributed by atoms with Gasteiger partial charge in [0.15, 0.2) is 0 Å². The molecule has 1 atom stereocenters. The molecule has 0 bridgehead atoms. The normalized spacial score (nSPS) is 14.5. The van der Waals surface area contributed by atoms with Crippen LogP contribution in [0.25, 0.3) is 0 Å². The first-order valence-corrected chi connectivity index (χ1v) is 14.9. The smallest absolute Gasteiger partial charge is 0.270 e. The van der Waals surface area contributed by atoms with Gasteiger partial charge in [0.1, 0.15) is 17.6 Å². The van der Waals surface area contributed by atoms with Gasteiger partial charge in [0.25, 0.3) is 5.91 Å². The number of carbonyl (C=O) groups excluding carboxylic acids is 4. The SMILES string of the molecule is CN(C)C(=O)CC1(CC(=O)NCCc2ccc(NC(=O)[C@H](Cc3ccccc3F)NC(=O)c3ccnn3C)cc2)CCCC1. The first-order valence-electron chi connectivity index (χ1n) is 14.9. The minimum atomic E-state index is -1.04. The third kappa shape index (κ3) is 8.75. The molecule has 11 heteroatoms. The minimum absolute atomic E-state index is 0.0372. The summed E-state index contributed by atoms with van der Waals surface area (Å²) < 4.78 is 15.8. The van der Waals surface area contributed by atoms with Crippen molar-refractivity contribution >= 4 is 29.3 Å². The number of hydrogen-bond donors (Lipinski definition) is 3. The summed E-state index contributed by atoms with van der Waals surface area (Å²) in [6.07, 6.45) is 6.65. The zero-order valence-corrected chi connectivity index (χ0v) is 25.6. The zero-order valence-electron chi connectivity index (χ0n) is 25.6. The molecule has 0 saturated heterocycles. The van der Waals surface area contributed by atoms with Crippen molar-refractivity contribution in [2.75, 3.05) is 26.0 Å². The van der Waals surface area contributed by atoms with Gasteiger partial charge in [-0.15, -0.1) is 0 Å². The maximum atomic E-state index is 14.4. The summed E-state index contributed by atoms with van der Waals surface area (Å²) in [4.78, 5) is 52.8. The van der Waals surface area contributed by atoms with E-state index in [-0.39, 0.29) is 29.3 Å². The Kier molecular flexibility index (Phi) is 10.9. The number of hydrogen-bond acceptors (Lipinski definition) is 5. The number of amides is 4. The Morgan fingerprint density at radius 2 is 1.70 bits per heavy atom. The lowest BCUT2D eigenvalue weighted by Crippen LogP contribution is -2.45. The maximum Gasteiger partial charge on any atom is 0.270 e. The van der Waals surface area contributed by atoms with E-state index in [1.54, 1.807) is 56.4 Å². The highest BCUT2D eigenvalue weighted by Gasteiger charge is 2.38. The fourth-order valence-corrected chi connectivity index (χ4v) is 5.68. The van der Waals surface area contributed by atoms with Crippen molar-refractivity contribution in [2.24, 2.45) is 12.5 Å². The molecule has 1 aromatic heterocycles. The number of aryl methyl sites for hydroxylation is 1. The quantitative estimate of drug-likeness (QED) is 0.275. The van der Waals surface area contributed by atoms with Crippen LogP contribution in [-0.2, 0) is 34.3 Å². The molecule has 1 fully saturated rings. The summed E-state index contributed by atoms with van der Waals surface area (Å²) in [7, 11) is 5.11. The maximum absolute atomic E-state index is 14.4. The largest absolute Gasteiger partial charge is 0.356 e. The zero-order chi connectivity index (χ0) is 31.7. The molecule has 0 radical (unpaired) electrons. The number of carbonyl (C=O) groups is 4. The van der Waals surface area contributed by atoms with E-state index in [0.717, 1.165) is 31.2 Å². The predicted octanol–water partition coefficient (Wildman–Crippen LogP) is 3.63.